The van der Waals surface area contributed by atoms with Crippen LogP contribution in [0.3, 0.4) is 0 Å². The molecule has 5 atom stereocenters. The molecular formula is C18H29F3. The number of rotatable bonds is 2. The zero-order valence-electron chi connectivity index (χ0n) is 13.3. The first kappa shape index (κ1) is 15.7. The highest BCUT2D eigenvalue weighted by atomic mass is 19.3. The van der Waals surface area contributed by atoms with Crippen LogP contribution in [0.5, 0.6) is 0 Å². The van der Waals surface area contributed by atoms with E-state index in [9.17, 15) is 13.2 Å². The van der Waals surface area contributed by atoms with Crippen molar-refractivity contribution < 1.29 is 13.2 Å². The monoisotopic (exact) mass is 302 g/mol. The van der Waals surface area contributed by atoms with E-state index in [4.69, 9.17) is 0 Å². The Morgan fingerprint density at radius 2 is 1.62 bits per heavy atom. The van der Waals surface area contributed by atoms with Gasteiger partial charge in [-0.3, -0.25) is 0 Å². The third kappa shape index (κ3) is 2.74. The van der Waals surface area contributed by atoms with E-state index in [1.54, 1.807) is 0 Å². The third-order valence-corrected chi connectivity index (χ3v) is 6.79. The Morgan fingerprint density at radius 1 is 0.952 bits per heavy atom. The molecule has 21 heavy (non-hydrogen) atoms. The summed E-state index contributed by atoms with van der Waals surface area (Å²) in [4.78, 5) is 0. The van der Waals surface area contributed by atoms with Gasteiger partial charge in [0.05, 0.1) is 5.92 Å². The molecule has 3 heteroatoms. The molecule has 0 heterocycles. The molecule has 0 aromatic rings. The van der Waals surface area contributed by atoms with Crippen LogP contribution in [-0.2, 0) is 0 Å². The highest BCUT2D eigenvalue weighted by Gasteiger charge is 2.63. The lowest BCUT2D eigenvalue weighted by molar-refractivity contribution is -0.132. The van der Waals surface area contributed by atoms with Crippen molar-refractivity contribution in [1.82, 2.24) is 0 Å². The highest BCUT2D eigenvalue weighted by Crippen LogP contribution is 2.60. The number of alkyl halides is 3. The van der Waals surface area contributed by atoms with Crippen molar-refractivity contribution in [1.29, 1.82) is 0 Å². The number of fused-ring (bicyclic) bond motifs is 1. The van der Waals surface area contributed by atoms with Crippen LogP contribution in [0, 0.1) is 35.5 Å². The molecule has 0 bridgehead atoms. The van der Waals surface area contributed by atoms with Gasteiger partial charge in [-0.1, -0.05) is 33.1 Å². The van der Waals surface area contributed by atoms with Gasteiger partial charge in [0.15, 0.2) is 0 Å². The molecule has 0 N–H and O–H groups in total. The molecule has 3 aliphatic rings. The van der Waals surface area contributed by atoms with Crippen LogP contribution in [0.1, 0.15) is 65.2 Å². The third-order valence-electron chi connectivity index (χ3n) is 6.79. The molecule has 3 rings (SSSR count). The van der Waals surface area contributed by atoms with Gasteiger partial charge in [0, 0.05) is 5.92 Å². The van der Waals surface area contributed by atoms with Crippen LogP contribution in [0.4, 0.5) is 13.2 Å². The molecule has 0 aliphatic heterocycles. The quantitative estimate of drug-likeness (QED) is 0.599. The van der Waals surface area contributed by atoms with Crippen LogP contribution in [0.25, 0.3) is 0 Å². The number of hydrogen-bond donors (Lipinski definition) is 0. The largest absolute Gasteiger partial charge is 0.256 e. The van der Waals surface area contributed by atoms with Crippen LogP contribution < -0.4 is 0 Å². The summed E-state index contributed by atoms with van der Waals surface area (Å²) >= 11 is 0. The lowest BCUT2D eigenvalue weighted by Gasteiger charge is -2.38. The van der Waals surface area contributed by atoms with Gasteiger partial charge >= 0.3 is 0 Å². The van der Waals surface area contributed by atoms with Gasteiger partial charge in [0.2, 0.25) is 0 Å². The first-order valence-corrected chi connectivity index (χ1v) is 8.95. The summed E-state index contributed by atoms with van der Waals surface area (Å²) in [6.07, 6.45) is 5.42. The minimum atomic E-state index is -2.77. The molecule has 0 aromatic carbocycles. The second-order valence-corrected chi connectivity index (χ2v) is 8.08. The topological polar surface area (TPSA) is 0 Å². The summed E-state index contributed by atoms with van der Waals surface area (Å²) in [6, 6.07) is 0. The summed E-state index contributed by atoms with van der Waals surface area (Å²) in [5.41, 5.74) is 0. The molecule has 5 unspecified atom stereocenters. The van der Waals surface area contributed by atoms with E-state index in [0.717, 1.165) is 38.5 Å². The van der Waals surface area contributed by atoms with E-state index >= 15 is 0 Å². The molecule has 0 nitrogen and oxygen atoms in total. The summed E-state index contributed by atoms with van der Waals surface area (Å²) in [6.45, 7) is 4.27. The van der Waals surface area contributed by atoms with E-state index in [0.29, 0.717) is 24.7 Å². The maximum absolute atomic E-state index is 14.9. The van der Waals surface area contributed by atoms with Gasteiger partial charge in [-0.25, -0.2) is 13.2 Å². The van der Waals surface area contributed by atoms with Crippen LogP contribution in [0.2, 0.25) is 0 Å². The van der Waals surface area contributed by atoms with Gasteiger partial charge in [0.25, 0.3) is 5.92 Å². The maximum atomic E-state index is 14.9. The van der Waals surface area contributed by atoms with E-state index in [1.807, 2.05) is 0 Å². The molecule has 3 fully saturated rings. The second-order valence-electron chi connectivity index (χ2n) is 8.08. The van der Waals surface area contributed by atoms with Crippen molar-refractivity contribution in [3.63, 3.8) is 0 Å². The number of hydrogen-bond acceptors (Lipinski definition) is 0. The Morgan fingerprint density at radius 3 is 2.24 bits per heavy atom. The molecular weight excluding hydrogens is 273 g/mol. The van der Waals surface area contributed by atoms with Crippen LogP contribution in [-0.4, -0.2) is 12.1 Å². The van der Waals surface area contributed by atoms with Crippen molar-refractivity contribution in [3.8, 4) is 0 Å². The van der Waals surface area contributed by atoms with Crippen molar-refractivity contribution in [2.75, 3.05) is 0 Å². The Kier molecular flexibility index (Phi) is 4.31. The molecule has 3 saturated carbocycles. The number of halogens is 3. The second kappa shape index (κ2) is 5.77. The predicted molar refractivity (Wildman–Crippen MR) is 79.1 cm³/mol. The van der Waals surface area contributed by atoms with Crippen molar-refractivity contribution in [2.24, 2.45) is 35.5 Å². The van der Waals surface area contributed by atoms with Gasteiger partial charge in [0.1, 0.15) is 6.17 Å². The van der Waals surface area contributed by atoms with E-state index in [1.165, 1.54) is 0 Å². The minimum Gasteiger partial charge on any atom is -0.247 e. The summed E-state index contributed by atoms with van der Waals surface area (Å²) in [5, 5.41) is 0. The van der Waals surface area contributed by atoms with Crippen LogP contribution >= 0.6 is 0 Å². The standard InChI is InChI=1S/C18H29F3/c1-3-12-8-14-10-15(13-6-4-11(2)5-7-13)18(20,21)17(14)16(19)9-12/h11-17H,3-10H2,1-2H3. The van der Waals surface area contributed by atoms with E-state index in [2.05, 4.69) is 13.8 Å². The molecule has 122 valence electrons. The average molecular weight is 302 g/mol. The van der Waals surface area contributed by atoms with Gasteiger partial charge < -0.3 is 0 Å². The molecule has 0 amide bonds. The first-order chi connectivity index (χ1) is 9.93. The minimum absolute atomic E-state index is 0.0713. The zero-order chi connectivity index (χ0) is 15.2. The Bertz CT molecular complexity index is 359. The lowest BCUT2D eigenvalue weighted by Crippen LogP contribution is -2.43. The van der Waals surface area contributed by atoms with Crippen LogP contribution in [0.15, 0.2) is 0 Å². The van der Waals surface area contributed by atoms with Crippen molar-refractivity contribution in [3.05, 3.63) is 0 Å². The summed E-state index contributed by atoms with van der Waals surface area (Å²) < 4.78 is 44.1. The summed E-state index contributed by atoms with van der Waals surface area (Å²) in [7, 11) is 0. The predicted octanol–water partition coefficient (Wildman–Crippen LogP) is 5.86. The molecule has 0 aromatic heterocycles. The van der Waals surface area contributed by atoms with Gasteiger partial charge in [-0.05, 0) is 55.8 Å². The molecule has 0 spiro atoms. The first-order valence-electron chi connectivity index (χ1n) is 8.95. The molecule has 0 radical (unpaired) electrons. The van der Waals surface area contributed by atoms with E-state index in [-0.39, 0.29) is 11.8 Å². The van der Waals surface area contributed by atoms with Crippen molar-refractivity contribution >= 4 is 0 Å². The fourth-order valence-electron chi connectivity index (χ4n) is 5.49. The fraction of sp³-hybridized carbons (Fsp3) is 1.00. The normalized spacial score (nSPS) is 49.9. The fourth-order valence-corrected chi connectivity index (χ4v) is 5.49. The Balaban J connectivity index is 1.75. The summed E-state index contributed by atoms with van der Waals surface area (Å²) in [5.74, 6) is -3.24. The van der Waals surface area contributed by atoms with Gasteiger partial charge in [-0.15, -0.1) is 0 Å². The maximum Gasteiger partial charge on any atom is 0.256 e. The smallest absolute Gasteiger partial charge is 0.247 e. The lowest BCUT2D eigenvalue weighted by atomic mass is 9.72. The molecule has 0 saturated heterocycles. The Labute approximate surface area is 126 Å². The Hall–Kier alpha value is -0.210. The van der Waals surface area contributed by atoms with E-state index < -0.39 is 23.9 Å². The average Bonchev–Trinajstić information content (AvgIpc) is 2.71. The highest BCUT2D eigenvalue weighted by molar-refractivity contribution is 5.05. The van der Waals surface area contributed by atoms with Crippen molar-refractivity contribution in [2.45, 2.75) is 77.3 Å². The van der Waals surface area contributed by atoms with Gasteiger partial charge in [-0.2, -0.15) is 0 Å². The zero-order valence-corrected chi connectivity index (χ0v) is 13.3. The SMILES string of the molecule is CCC1CC(F)C2C(C1)CC(C1CCC(C)CC1)C2(F)F. The molecule has 3 aliphatic carbocycles.